The van der Waals surface area contributed by atoms with Crippen molar-refractivity contribution in [2.75, 3.05) is 26.7 Å². The number of halogens is 1. The second kappa shape index (κ2) is 7.58. The first-order valence-corrected chi connectivity index (χ1v) is 9.74. The fourth-order valence-electron chi connectivity index (χ4n) is 3.34. The topological polar surface area (TPSA) is 63.1 Å². The van der Waals surface area contributed by atoms with Crippen molar-refractivity contribution in [1.82, 2.24) is 25.0 Å². The molecule has 0 aliphatic carbocycles. The Labute approximate surface area is 160 Å². The molecule has 1 amide bonds. The number of rotatable bonds is 5. The van der Waals surface area contributed by atoms with E-state index in [9.17, 15) is 9.18 Å². The number of nitrogens with one attached hydrogen (secondary N) is 1. The molecule has 140 valence electrons. The summed E-state index contributed by atoms with van der Waals surface area (Å²) in [5, 5.41) is 9.58. The Morgan fingerprint density at radius 2 is 2.15 bits per heavy atom. The predicted octanol–water partition coefficient (Wildman–Crippen LogP) is 2.82. The number of likely N-dealkylation sites (tertiary alicyclic amines) is 1. The van der Waals surface area contributed by atoms with Gasteiger partial charge in [-0.05, 0) is 61.6 Å². The zero-order valence-corrected chi connectivity index (χ0v) is 15.7. The maximum absolute atomic E-state index is 13.3. The average molecular weight is 385 g/mol. The lowest BCUT2D eigenvalue weighted by Crippen LogP contribution is -2.31. The van der Waals surface area contributed by atoms with E-state index in [-0.39, 0.29) is 17.5 Å². The zero-order valence-electron chi connectivity index (χ0n) is 14.9. The molecule has 1 fully saturated rings. The lowest BCUT2D eigenvalue weighted by molar-refractivity contribution is 0.0775. The lowest BCUT2D eigenvalue weighted by atomic mass is 10.1. The molecular formula is C19H20FN5OS. The normalized spacial score (nSPS) is 16.8. The largest absolute Gasteiger partial charge is 0.336 e. The Kier molecular flexibility index (Phi) is 5.00. The molecule has 0 radical (unpaired) electrons. The van der Waals surface area contributed by atoms with Crippen LogP contribution in [0.1, 0.15) is 17.0 Å². The van der Waals surface area contributed by atoms with Gasteiger partial charge in [0.15, 0.2) is 5.82 Å². The van der Waals surface area contributed by atoms with Crippen molar-refractivity contribution < 1.29 is 9.18 Å². The van der Waals surface area contributed by atoms with Crippen molar-refractivity contribution in [3.8, 4) is 16.4 Å². The van der Waals surface area contributed by atoms with E-state index in [2.05, 4.69) is 15.4 Å². The molecule has 0 bridgehead atoms. The maximum atomic E-state index is 13.3. The minimum absolute atomic E-state index is 0.160. The summed E-state index contributed by atoms with van der Waals surface area (Å²) in [5.41, 5.74) is 0.667. The Balaban J connectivity index is 1.67. The summed E-state index contributed by atoms with van der Waals surface area (Å²) in [4.78, 5) is 20.2. The summed E-state index contributed by atoms with van der Waals surface area (Å²) < 4.78 is 14.9. The van der Waals surface area contributed by atoms with Gasteiger partial charge in [-0.2, -0.15) is 0 Å². The molecule has 6 nitrogen and oxygen atoms in total. The monoisotopic (exact) mass is 385 g/mol. The molecule has 2 aromatic heterocycles. The summed E-state index contributed by atoms with van der Waals surface area (Å²) >= 11 is 1.52. The number of thiophene rings is 1. The third kappa shape index (κ3) is 3.63. The summed E-state index contributed by atoms with van der Waals surface area (Å²) in [5.74, 6) is 0.737. The number of nitrogens with zero attached hydrogens (tertiary/aromatic N) is 4. The van der Waals surface area contributed by atoms with Crippen LogP contribution in [0.25, 0.3) is 16.4 Å². The van der Waals surface area contributed by atoms with E-state index in [1.165, 1.54) is 23.5 Å². The second-order valence-electron chi connectivity index (χ2n) is 6.59. The highest BCUT2D eigenvalue weighted by Gasteiger charge is 2.30. The Bertz CT molecular complexity index is 922. The van der Waals surface area contributed by atoms with Gasteiger partial charge in [0.05, 0.1) is 10.6 Å². The summed E-state index contributed by atoms with van der Waals surface area (Å²) in [6.07, 6.45) is 0.975. The van der Waals surface area contributed by atoms with E-state index in [0.717, 1.165) is 17.8 Å². The molecule has 1 aliphatic heterocycles. The van der Waals surface area contributed by atoms with Crippen LogP contribution in [-0.4, -0.2) is 52.3 Å². The lowest BCUT2D eigenvalue weighted by Gasteiger charge is -2.14. The maximum Gasteiger partial charge on any atom is 0.293 e. The Hall–Kier alpha value is -2.58. The van der Waals surface area contributed by atoms with Crippen LogP contribution in [-0.2, 0) is 0 Å². The van der Waals surface area contributed by atoms with Crippen LogP contribution in [0.4, 0.5) is 4.39 Å². The van der Waals surface area contributed by atoms with E-state index < -0.39 is 0 Å². The summed E-state index contributed by atoms with van der Waals surface area (Å²) in [6.45, 7) is 2.31. The molecule has 27 heavy (non-hydrogen) atoms. The smallest absolute Gasteiger partial charge is 0.293 e. The van der Waals surface area contributed by atoms with Crippen LogP contribution < -0.4 is 5.32 Å². The number of carbonyl (C=O) groups is 1. The van der Waals surface area contributed by atoms with E-state index >= 15 is 0 Å². The molecular weight excluding hydrogens is 365 g/mol. The second-order valence-corrected chi connectivity index (χ2v) is 7.54. The number of amides is 1. The SMILES string of the molecule is CNCC1CCN(C(=O)c2nc(-c3cccs3)n(-c3ccc(F)cc3)n2)C1. The van der Waals surface area contributed by atoms with Crippen molar-refractivity contribution >= 4 is 17.2 Å². The van der Waals surface area contributed by atoms with Gasteiger partial charge in [0.2, 0.25) is 5.82 Å². The predicted molar refractivity (Wildman–Crippen MR) is 103 cm³/mol. The minimum Gasteiger partial charge on any atom is -0.336 e. The standard InChI is InChI=1S/C19H20FN5OS/c1-21-11-13-8-9-24(12-13)19(26)17-22-18(16-3-2-10-27-16)25(23-17)15-6-4-14(20)5-7-15/h2-7,10,13,21H,8-9,11-12H2,1H3. The first kappa shape index (κ1) is 17.8. The Morgan fingerprint density at radius 1 is 1.33 bits per heavy atom. The van der Waals surface area contributed by atoms with Gasteiger partial charge in [-0.15, -0.1) is 16.4 Å². The van der Waals surface area contributed by atoms with Crippen molar-refractivity contribution in [3.63, 3.8) is 0 Å². The van der Waals surface area contributed by atoms with Gasteiger partial charge in [0, 0.05) is 13.1 Å². The molecule has 3 heterocycles. The first-order chi connectivity index (χ1) is 13.2. The Morgan fingerprint density at radius 3 is 2.85 bits per heavy atom. The zero-order chi connectivity index (χ0) is 18.8. The molecule has 8 heteroatoms. The number of aromatic nitrogens is 3. The molecule has 0 spiro atoms. The van der Waals surface area contributed by atoms with Crippen molar-refractivity contribution in [3.05, 3.63) is 53.4 Å². The number of hydrogen-bond acceptors (Lipinski definition) is 5. The fourth-order valence-corrected chi connectivity index (χ4v) is 4.04. The summed E-state index contributed by atoms with van der Waals surface area (Å²) in [7, 11) is 1.92. The quantitative estimate of drug-likeness (QED) is 0.734. The number of carbonyl (C=O) groups excluding carboxylic acids is 1. The molecule has 4 rings (SSSR count). The van der Waals surface area contributed by atoms with Crippen molar-refractivity contribution in [2.45, 2.75) is 6.42 Å². The fraction of sp³-hybridized carbons (Fsp3) is 0.316. The van der Waals surface area contributed by atoms with Gasteiger partial charge >= 0.3 is 0 Å². The molecule has 0 saturated carbocycles. The molecule has 1 atom stereocenters. The first-order valence-electron chi connectivity index (χ1n) is 8.86. The van der Waals surface area contributed by atoms with Crippen molar-refractivity contribution in [2.24, 2.45) is 5.92 Å². The van der Waals surface area contributed by atoms with Gasteiger partial charge in [-0.1, -0.05) is 6.07 Å². The highest BCUT2D eigenvalue weighted by atomic mass is 32.1. The average Bonchev–Trinajstić information content (AvgIpc) is 3.42. The third-order valence-corrected chi connectivity index (χ3v) is 5.54. The van der Waals surface area contributed by atoms with Crippen LogP contribution in [0.15, 0.2) is 41.8 Å². The number of hydrogen-bond donors (Lipinski definition) is 1. The molecule has 1 unspecified atom stereocenters. The third-order valence-electron chi connectivity index (χ3n) is 4.68. The van der Waals surface area contributed by atoms with Crippen LogP contribution in [0.3, 0.4) is 0 Å². The highest BCUT2D eigenvalue weighted by molar-refractivity contribution is 7.13. The van der Waals surface area contributed by atoms with Gasteiger partial charge in [-0.3, -0.25) is 4.79 Å². The van der Waals surface area contributed by atoms with Gasteiger partial charge in [0.25, 0.3) is 5.91 Å². The van der Waals surface area contributed by atoms with E-state index in [0.29, 0.717) is 30.5 Å². The van der Waals surface area contributed by atoms with E-state index in [1.807, 2.05) is 29.5 Å². The molecule has 1 N–H and O–H groups in total. The van der Waals surface area contributed by atoms with Crippen LogP contribution >= 0.6 is 11.3 Å². The van der Waals surface area contributed by atoms with E-state index in [1.54, 1.807) is 16.8 Å². The molecule has 1 aromatic carbocycles. The number of benzene rings is 1. The van der Waals surface area contributed by atoms with Gasteiger partial charge < -0.3 is 10.2 Å². The van der Waals surface area contributed by atoms with Crippen LogP contribution in [0.5, 0.6) is 0 Å². The van der Waals surface area contributed by atoms with Crippen LogP contribution in [0, 0.1) is 11.7 Å². The minimum atomic E-state index is -0.319. The van der Waals surface area contributed by atoms with Gasteiger partial charge in [-0.25, -0.2) is 14.1 Å². The van der Waals surface area contributed by atoms with Crippen LogP contribution in [0.2, 0.25) is 0 Å². The molecule has 1 aliphatic rings. The van der Waals surface area contributed by atoms with Gasteiger partial charge in [0.1, 0.15) is 5.82 Å². The highest BCUT2D eigenvalue weighted by Crippen LogP contribution is 2.26. The molecule has 3 aromatic rings. The van der Waals surface area contributed by atoms with Crippen molar-refractivity contribution in [1.29, 1.82) is 0 Å². The molecule has 1 saturated heterocycles. The summed E-state index contributed by atoms with van der Waals surface area (Å²) in [6, 6.07) is 9.87. The van der Waals surface area contributed by atoms with E-state index in [4.69, 9.17) is 0 Å².